The highest BCUT2D eigenvalue weighted by molar-refractivity contribution is 7.21. The van der Waals surface area contributed by atoms with Gasteiger partial charge in [-0.3, -0.25) is 9.59 Å². The van der Waals surface area contributed by atoms with Crippen molar-refractivity contribution in [3.63, 3.8) is 0 Å². The quantitative estimate of drug-likeness (QED) is 0.304. The van der Waals surface area contributed by atoms with E-state index in [0.29, 0.717) is 15.7 Å². The first kappa shape index (κ1) is 21.8. The van der Waals surface area contributed by atoms with Gasteiger partial charge in [-0.05, 0) is 48.5 Å². The van der Waals surface area contributed by atoms with E-state index in [9.17, 15) is 19.5 Å². The Morgan fingerprint density at radius 3 is 2.25 bits per heavy atom. The molecule has 0 aliphatic rings. The van der Waals surface area contributed by atoms with Crippen molar-refractivity contribution in [3.05, 3.63) is 92.8 Å². The summed E-state index contributed by atoms with van der Waals surface area (Å²) in [6.07, 6.45) is 0. The number of carbonyl (C=O) groups is 3. The van der Waals surface area contributed by atoms with E-state index in [1.54, 1.807) is 24.3 Å². The van der Waals surface area contributed by atoms with Gasteiger partial charge in [-0.15, -0.1) is 11.3 Å². The summed E-state index contributed by atoms with van der Waals surface area (Å²) in [7, 11) is 0. The number of amides is 2. The first-order valence-corrected chi connectivity index (χ1v) is 10.8. The lowest BCUT2D eigenvalue weighted by atomic mass is 10.1. The van der Waals surface area contributed by atoms with Crippen molar-refractivity contribution in [1.29, 1.82) is 0 Å². The third kappa shape index (κ3) is 4.45. The molecule has 0 saturated heterocycles. The number of hydrogen-bond acceptors (Lipinski definition) is 4. The number of nitrogens with one attached hydrogen (secondary N) is 2. The molecule has 2 amide bonds. The van der Waals surface area contributed by atoms with Crippen LogP contribution in [0.15, 0.2) is 66.7 Å². The molecule has 0 aliphatic heterocycles. The topological polar surface area (TPSA) is 95.5 Å². The number of carboxylic acid groups (broad SMARTS) is 1. The summed E-state index contributed by atoms with van der Waals surface area (Å²) < 4.78 is 0.843. The molecule has 0 bridgehead atoms. The van der Waals surface area contributed by atoms with Crippen LogP contribution in [0.2, 0.25) is 10.0 Å². The smallest absolute Gasteiger partial charge is 0.337 e. The van der Waals surface area contributed by atoms with Gasteiger partial charge in [0.15, 0.2) is 0 Å². The molecule has 32 heavy (non-hydrogen) atoms. The lowest BCUT2D eigenvalue weighted by molar-refractivity contribution is 0.0698. The molecule has 0 unspecified atom stereocenters. The number of carboxylic acids is 1. The molecule has 6 nitrogen and oxygen atoms in total. The normalized spacial score (nSPS) is 10.7. The van der Waals surface area contributed by atoms with E-state index in [1.807, 2.05) is 24.3 Å². The Morgan fingerprint density at radius 1 is 0.844 bits per heavy atom. The second kappa shape index (κ2) is 9.00. The molecule has 1 heterocycles. The van der Waals surface area contributed by atoms with Crippen LogP contribution in [0, 0.1) is 0 Å². The average molecular weight is 485 g/mol. The molecule has 160 valence electrons. The second-order valence-corrected chi connectivity index (χ2v) is 8.59. The molecule has 1 aromatic heterocycles. The number of anilines is 2. The van der Waals surface area contributed by atoms with Crippen LogP contribution in [0.3, 0.4) is 0 Å². The highest BCUT2D eigenvalue weighted by Gasteiger charge is 2.21. The van der Waals surface area contributed by atoms with Crippen molar-refractivity contribution in [2.24, 2.45) is 0 Å². The lowest BCUT2D eigenvalue weighted by Gasteiger charge is -2.11. The predicted octanol–water partition coefficient (Wildman–Crippen LogP) is 6.41. The van der Waals surface area contributed by atoms with Gasteiger partial charge in [0.25, 0.3) is 11.8 Å². The summed E-state index contributed by atoms with van der Waals surface area (Å²) in [6.45, 7) is 0. The van der Waals surface area contributed by atoms with E-state index in [1.165, 1.54) is 29.5 Å². The summed E-state index contributed by atoms with van der Waals surface area (Å²) in [4.78, 5) is 37.4. The van der Waals surface area contributed by atoms with E-state index >= 15 is 0 Å². The molecule has 9 heteroatoms. The maximum Gasteiger partial charge on any atom is 0.337 e. The van der Waals surface area contributed by atoms with Crippen LogP contribution < -0.4 is 10.6 Å². The molecule has 0 saturated carbocycles. The number of rotatable bonds is 5. The zero-order valence-electron chi connectivity index (χ0n) is 16.2. The van der Waals surface area contributed by atoms with Crippen molar-refractivity contribution >= 4 is 73.8 Å². The number of benzene rings is 3. The number of halogens is 2. The molecule has 3 aromatic carbocycles. The van der Waals surface area contributed by atoms with E-state index in [4.69, 9.17) is 23.2 Å². The maximum absolute atomic E-state index is 12.8. The Bertz CT molecular complexity index is 1370. The minimum Gasteiger partial charge on any atom is -0.478 e. The first-order valence-electron chi connectivity index (χ1n) is 9.26. The zero-order chi connectivity index (χ0) is 22.8. The standard InChI is InChI=1S/C23H14Cl2N2O4S/c24-13-6-8-14(9-7-13)26-21(28)12-5-10-17(16(11-12)23(30)31)27-22(29)20-19(25)15-3-1-2-4-18(15)32-20/h1-11H,(H,26,28)(H,27,29)(H,30,31). The zero-order valence-corrected chi connectivity index (χ0v) is 18.5. The Balaban J connectivity index is 1.59. The summed E-state index contributed by atoms with van der Waals surface area (Å²) in [5.41, 5.74) is 0.460. The number of fused-ring (bicyclic) bond motifs is 1. The highest BCUT2D eigenvalue weighted by Crippen LogP contribution is 2.35. The molecule has 0 radical (unpaired) electrons. The Morgan fingerprint density at radius 2 is 1.56 bits per heavy atom. The lowest BCUT2D eigenvalue weighted by Crippen LogP contribution is -2.16. The fourth-order valence-electron chi connectivity index (χ4n) is 3.05. The van der Waals surface area contributed by atoms with Gasteiger partial charge in [-0.1, -0.05) is 41.4 Å². The molecular weight excluding hydrogens is 471 g/mol. The van der Waals surface area contributed by atoms with Gasteiger partial charge in [-0.25, -0.2) is 4.79 Å². The Labute approximate surface area is 196 Å². The van der Waals surface area contributed by atoms with Crippen LogP contribution in [0.25, 0.3) is 10.1 Å². The van der Waals surface area contributed by atoms with Gasteiger partial charge < -0.3 is 15.7 Å². The number of hydrogen-bond donors (Lipinski definition) is 3. The van der Waals surface area contributed by atoms with Crippen LogP contribution >= 0.6 is 34.5 Å². The SMILES string of the molecule is O=C(Nc1ccc(Cl)cc1)c1ccc(NC(=O)c2sc3ccccc3c2Cl)c(C(=O)O)c1. The Hall–Kier alpha value is -3.39. The van der Waals surface area contributed by atoms with Crippen LogP contribution in [0.5, 0.6) is 0 Å². The third-order valence-corrected chi connectivity index (χ3v) is 6.53. The third-order valence-electron chi connectivity index (χ3n) is 4.60. The van der Waals surface area contributed by atoms with E-state index < -0.39 is 17.8 Å². The second-order valence-electron chi connectivity index (χ2n) is 6.72. The fraction of sp³-hybridized carbons (Fsp3) is 0. The summed E-state index contributed by atoms with van der Waals surface area (Å²) in [5.74, 6) is -2.32. The van der Waals surface area contributed by atoms with Crippen LogP contribution in [-0.2, 0) is 0 Å². The van der Waals surface area contributed by atoms with E-state index in [0.717, 1.165) is 10.1 Å². The molecule has 0 atom stereocenters. The van der Waals surface area contributed by atoms with E-state index in [-0.39, 0.29) is 21.7 Å². The van der Waals surface area contributed by atoms with Gasteiger partial charge >= 0.3 is 5.97 Å². The monoisotopic (exact) mass is 484 g/mol. The van der Waals surface area contributed by atoms with Gasteiger partial charge in [0.2, 0.25) is 0 Å². The predicted molar refractivity (Wildman–Crippen MR) is 128 cm³/mol. The van der Waals surface area contributed by atoms with Crippen LogP contribution in [0.4, 0.5) is 11.4 Å². The number of thiophene rings is 1. The van der Waals surface area contributed by atoms with Gasteiger partial charge in [0.1, 0.15) is 4.88 Å². The maximum atomic E-state index is 12.8. The summed E-state index contributed by atoms with van der Waals surface area (Å²) in [5, 5.41) is 16.5. The van der Waals surface area contributed by atoms with Crippen molar-refractivity contribution < 1.29 is 19.5 Å². The molecule has 0 aliphatic carbocycles. The van der Waals surface area contributed by atoms with Crippen molar-refractivity contribution in [3.8, 4) is 0 Å². The van der Waals surface area contributed by atoms with Gasteiger partial charge in [0.05, 0.1) is 16.3 Å². The van der Waals surface area contributed by atoms with Crippen molar-refractivity contribution in [1.82, 2.24) is 0 Å². The number of aromatic carboxylic acids is 1. The summed E-state index contributed by atoms with van der Waals surface area (Å²) >= 11 is 13.4. The van der Waals surface area contributed by atoms with Crippen LogP contribution in [0.1, 0.15) is 30.4 Å². The molecule has 3 N–H and O–H groups in total. The number of carbonyl (C=O) groups excluding carboxylic acids is 2. The molecule has 4 rings (SSSR count). The van der Waals surface area contributed by atoms with E-state index in [2.05, 4.69) is 10.6 Å². The average Bonchev–Trinajstić information content (AvgIpc) is 3.12. The molecule has 0 spiro atoms. The minimum atomic E-state index is -1.29. The van der Waals surface area contributed by atoms with Gasteiger partial charge in [0, 0.05) is 26.4 Å². The van der Waals surface area contributed by atoms with Crippen LogP contribution in [-0.4, -0.2) is 22.9 Å². The summed E-state index contributed by atoms with van der Waals surface area (Å²) in [6, 6.07) is 17.8. The largest absolute Gasteiger partial charge is 0.478 e. The molecular formula is C23H14Cl2N2O4S. The first-order chi connectivity index (χ1) is 15.3. The highest BCUT2D eigenvalue weighted by atomic mass is 35.5. The Kier molecular flexibility index (Phi) is 6.14. The minimum absolute atomic E-state index is 0.0547. The molecule has 4 aromatic rings. The van der Waals surface area contributed by atoms with Crippen molar-refractivity contribution in [2.75, 3.05) is 10.6 Å². The fourth-order valence-corrected chi connectivity index (χ4v) is 4.59. The molecule has 0 fully saturated rings. The van der Waals surface area contributed by atoms with Crippen molar-refractivity contribution in [2.45, 2.75) is 0 Å². The van der Waals surface area contributed by atoms with Gasteiger partial charge in [-0.2, -0.15) is 0 Å².